The molecule has 0 saturated carbocycles. The van der Waals surface area contributed by atoms with Crippen LogP contribution in [-0.2, 0) is 4.79 Å². The molecule has 0 spiro atoms. The standard InChI is InChI=1S/C19H15BrCl2N4O4/c1-2-17(25-10-11(20)9-23-25)19(27)24-13-6-14(26(28)29)8-15(7-13)30-18-4-3-12(21)5-16(18)22/h3-10,17H,2H2,1H3,(H,24,27). The number of aromatic nitrogens is 2. The number of anilines is 1. The fourth-order valence-corrected chi connectivity index (χ4v) is 3.46. The molecular weight excluding hydrogens is 499 g/mol. The SMILES string of the molecule is CCC(C(=O)Nc1cc(Oc2ccc(Cl)cc2Cl)cc([N+](=O)[O-])c1)n1cc(Br)cn1. The first-order valence-corrected chi connectivity index (χ1v) is 10.2. The molecule has 1 atom stereocenters. The molecule has 1 N–H and O–H groups in total. The van der Waals surface area contributed by atoms with Gasteiger partial charge in [-0.15, -0.1) is 0 Å². The lowest BCUT2D eigenvalue weighted by molar-refractivity contribution is -0.384. The summed E-state index contributed by atoms with van der Waals surface area (Å²) in [6, 6.07) is 7.99. The van der Waals surface area contributed by atoms with Crippen LogP contribution in [-0.4, -0.2) is 20.6 Å². The molecule has 0 aliphatic rings. The van der Waals surface area contributed by atoms with Gasteiger partial charge in [-0.05, 0) is 40.5 Å². The quantitative estimate of drug-likeness (QED) is 0.297. The predicted molar refractivity (Wildman–Crippen MR) is 118 cm³/mol. The molecule has 3 rings (SSSR count). The van der Waals surface area contributed by atoms with Crippen LogP contribution in [0.15, 0.2) is 53.3 Å². The summed E-state index contributed by atoms with van der Waals surface area (Å²) in [4.78, 5) is 23.5. The monoisotopic (exact) mass is 512 g/mol. The van der Waals surface area contributed by atoms with Crippen LogP contribution in [0.5, 0.6) is 11.5 Å². The van der Waals surface area contributed by atoms with Crippen LogP contribution in [0.1, 0.15) is 19.4 Å². The van der Waals surface area contributed by atoms with Crippen molar-refractivity contribution in [2.75, 3.05) is 5.32 Å². The molecule has 1 aromatic heterocycles. The highest BCUT2D eigenvalue weighted by Gasteiger charge is 2.21. The van der Waals surface area contributed by atoms with E-state index in [-0.39, 0.29) is 33.8 Å². The number of hydrogen-bond acceptors (Lipinski definition) is 5. The highest BCUT2D eigenvalue weighted by atomic mass is 79.9. The average Bonchev–Trinajstić information content (AvgIpc) is 3.10. The summed E-state index contributed by atoms with van der Waals surface area (Å²) in [6.45, 7) is 1.84. The number of nitro groups is 1. The fraction of sp³-hybridized carbons (Fsp3) is 0.158. The molecule has 11 heteroatoms. The minimum Gasteiger partial charge on any atom is -0.455 e. The molecule has 2 aromatic carbocycles. The Morgan fingerprint density at radius 3 is 2.70 bits per heavy atom. The summed E-state index contributed by atoms with van der Waals surface area (Å²) in [5, 5.41) is 18.8. The zero-order valence-electron chi connectivity index (χ0n) is 15.5. The van der Waals surface area contributed by atoms with Gasteiger partial charge < -0.3 is 10.1 Å². The zero-order valence-corrected chi connectivity index (χ0v) is 18.6. The summed E-state index contributed by atoms with van der Waals surface area (Å²) in [7, 11) is 0. The van der Waals surface area contributed by atoms with Crippen LogP contribution >= 0.6 is 39.1 Å². The molecule has 30 heavy (non-hydrogen) atoms. The van der Waals surface area contributed by atoms with E-state index in [0.717, 1.165) is 4.47 Å². The molecule has 1 heterocycles. The molecule has 1 unspecified atom stereocenters. The Morgan fingerprint density at radius 2 is 2.10 bits per heavy atom. The van der Waals surface area contributed by atoms with Crippen molar-refractivity contribution < 1.29 is 14.5 Å². The molecule has 0 aliphatic heterocycles. The molecule has 1 amide bonds. The zero-order chi connectivity index (χ0) is 21.8. The third kappa shape index (κ3) is 5.29. The molecule has 0 radical (unpaired) electrons. The van der Waals surface area contributed by atoms with Crippen molar-refractivity contribution >= 4 is 56.4 Å². The molecule has 0 saturated heterocycles. The first kappa shape index (κ1) is 22.1. The second-order valence-corrected chi connectivity index (χ2v) is 7.96. The maximum absolute atomic E-state index is 12.8. The lowest BCUT2D eigenvalue weighted by atomic mass is 10.2. The Hall–Kier alpha value is -2.62. The largest absolute Gasteiger partial charge is 0.455 e. The van der Waals surface area contributed by atoms with Gasteiger partial charge in [-0.3, -0.25) is 19.6 Å². The number of rotatable bonds is 7. The summed E-state index contributed by atoms with van der Waals surface area (Å²) >= 11 is 15.3. The van der Waals surface area contributed by atoms with E-state index in [9.17, 15) is 14.9 Å². The van der Waals surface area contributed by atoms with Crippen molar-refractivity contribution in [1.82, 2.24) is 9.78 Å². The first-order chi connectivity index (χ1) is 14.3. The summed E-state index contributed by atoms with van der Waals surface area (Å²) in [6.07, 6.45) is 3.72. The van der Waals surface area contributed by atoms with Crippen LogP contribution in [0.25, 0.3) is 0 Å². The van der Waals surface area contributed by atoms with E-state index in [2.05, 4.69) is 26.3 Å². The van der Waals surface area contributed by atoms with Crippen LogP contribution in [0, 0.1) is 10.1 Å². The summed E-state index contributed by atoms with van der Waals surface area (Å²) < 4.78 is 7.93. The van der Waals surface area contributed by atoms with Gasteiger partial charge >= 0.3 is 0 Å². The lowest BCUT2D eigenvalue weighted by Gasteiger charge is -2.16. The van der Waals surface area contributed by atoms with E-state index in [1.54, 1.807) is 24.5 Å². The molecule has 3 aromatic rings. The molecule has 8 nitrogen and oxygen atoms in total. The van der Waals surface area contributed by atoms with Crippen molar-refractivity contribution in [3.8, 4) is 11.5 Å². The van der Waals surface area contributed by atoms with Gasteiger partial charge in [-0.2, -0.15) is 5.10 Å². The Balaban J connectivity index is 1.88. The van der Waals surface area contributed by atoms with Gasteiger partial charge in [0.25, 0.3) is 5.69 Å². The number of hydrogen-bond donors (Lipinski definition) is 1. The second kappa shape index (κ2) is 9.46. The van der Waals surface area contributed by atoms with Crippen molar-refractivity contribution in [3.05, 3.63) is 73.4 Å². The number of carbonyl (C=O) groups is 1. The average molecular weight is 514 g/mol. The number of nitro benzene ring substituents is 1. The molecular formula is C19H15BrCl2N4O4. The fourth-order valence-electron chi connectivity index (χ4n) is 2.71. The third-order valence-electron chi connectivity index (χ3n) is 4.07. The smallest absolute Gasteiger partial charge is 0.275 e. The minimum absolute atomic E-state index is 0.138. The number of ether oxygens (including phenoxy) is 1. The summed E-state index contributed by atoms with van der Waals surface area (Å²) in [5.74, 6) is 0.0364. The van der Waals surface area contributed by atoms with E-state index in [0.29, 0.717) is 11.4 Å². The number of halogens is 3. The second-order valence-electron chi connectivity index (χ2n) is 6.20. The predicted octanol–water partition coefficient (Wildman–Crippen LogP) is 6.24. The molecule has 0 bridgehead atoms. The van der Waals surface area contributed by atoms with Gasteiger partial charge in [-0.25, -0.2) is 0 Å². The summed E-state index contributed by atoms with van der Waals surface area (Å²) in [5.41, 5.74) is -0.0401. The molecule has 156 valence electrons. The Labute approximate surface area is 190 Å². The number of nitrogens with zero attached hydrogens (tertiary/aromatic N) is 3. The topological polar surface area (TPSA) is 99.3 Å². The lowest BCUT2D eigenvalue weighted by Crippen LogP contribution is -2.26. The first-order valence-electron chi connectivity index (χ1n) is 8.69. The van der Waals surface area contributed by atoms with E-state index >= 15 is 0 Å². The van der Waals surface area contributed by atoms with E-state index in [1.807, 2.05) is 6.92 Å². The van der Waals surface area contributed by atoms with E-state index in [1.165, 1.54) is 28.9 Å². The van der Waals surface area contributed by atoms with Gasteiger partial charge in [0.2, 0.25) is 5.91 Å². The van der Waals surface area contributed by atoms with Crippen LogP contribution < -0.4 is 10.1 Å². The van der Waals surface area contributed by atoms with Crippen LogP contribution in [0.4, 0.5) is 11.4 Å². The van der Waals surface area contributed by atoms with Gasteiger partial charge in [0.05, 0.1) is 32.4 Å². The number of non-ortho nitro benzene ring substituents is 1. The Bertz CT molecular complexity index is 1110. The number of benzene rings is 2. The van der Waals surface area contributed by atoms with Gasteiger partial charge in [0, 0.05) is 23.4 Å². The molecule has 0 fully saturated rings. The number of amides is 1. The van der Waals surface area contributed by atoms with Crippen LogP contribution in [0.2, 0.25) is 10.0 Å². The highest BCUT2D eigenvalue weighted by Crippen LogP contribution is 2.35. The van der Waals surface area contributed by atoms with Crippen molar-refractivity contribution in [2.45, 2.75) is 19.4 Å². The minimum atomic E-state index is -0.592. The number of carbonyl (C=O) groups excluding carboxylic acids is 1. The highest BCUT2D eigenvalue weighted by molar-refractivity contribution is 9.10. The van der Waals surface area contributed by atoms with E-state index in [4.69, 9.17) is 27.9 Å². The molecule has 0 aliphatic carbocycles. The normalized spacial score (nSPS) is 11.7. The van der Waals surface area contributed by atoms with Gasteiger partial charge in [0.1, 0.15) is 17.5 Å². The van der Waals surface area contributed by atoms with Crippen LogP contribution in [0.3, 0.4) is 0 Å². The number of nitrogens with one attached hydrogen (secondary N) is 1. The van der Waals surface area contributed by atoms with Crippen molar-refractivity contribution in [1.29, 1.82) is 0 Å². The third-order valence-corrected chi connectivity index (χ3v) is 5.01. The van der Waals surface area contributed by atoms with Gasteiger partial charge in [-0.1, -0.05) is 30.1 Å². The van der Waals surface area contributed by atoms with Gasteiger partial charge in [0.15, 0.2) is 0 Å². The maximum atomic E-state index is 12.8. The van der Waals surface area contributed by atoms with E-state index < -0.39 is 11.0 Å². The Morgan fingerprint density at radius 1 is 1.33 bits per heavy atom. The Kier molecular flexibility index (Phi) is 6.96. The van der Waals surface area contributed by atoms with Crippen molar-refractivity contribution in [2.24, 2.45) is 0 Å². The van der Waals surface area contributed by atoms with Crippen molar-refractivity contribution in [3.63, 3.8) is 0 Å². The maximum Gasteiger partial charge on any atom is 0.275 e.